The fraction of sp³-hybridized carbons (Fsp3) is 0.400. The molecular formula is C10H12ClF3N2. The third-order valence-corrected chi connectivity index (χ3v) is 2.39. The molecule has 0 aliphatic rings. The van der Waals surface area contributed by atoms with Crippen molar-refractivity contribution in [1.29, 1.82) is 0 Å². The van der Waals surface area contributed by atoms with Gasteiger partial charge in [0.15, 0.2) is 0 Å². The van der Waals surface area contributed by atoms with Gasteiger partial charge in [-0.25, -0.2) is 0 Å². The number of benzene rings is 1. The summed E-state index contributed by atoms with van der Waals surface area (Å²) in [7, 11) is 1.34. The van der Waals surface area contributed by atoms with Crippen molar-refractivity contribution in [1.82, 2.24) is 0 Å². The Morgan fingerprint density at radius 2 is 2.00 bits per heavy atom. The van der Waals surface area contributed by atoms with E-state index in [0.717, 1.165) is 4.90 Å². The zero-order valence-corrected chi connectivity index (χ0v) is 9.44. The maximum Gasteiger partial charge on any atom is 0.405 e. The molecule has 16 heavy (non-hydrogen) atoms. The maximum atomic E-state index is 12.2. The number of halogens is 4. The molecule has 0 atom stereocenters. The van der Waals surface area contributed by atoms with E-state index in [1.54, 1.807) is 18.2 Å². The quantitative estimate of drug-likeness (QED) is 0.896. The number of alkyl halides is 3. The van der Waals surface area contributed by atoms with Crippen molar-refractivity contribution >= 4 is 17.3 Å². The summed E-state index contributed by atoms with van der Waals surface area (Å²) in [6, 6.07) is 4.87. The summed E-state index contributed by atoms with van der Waals surface area (Å²) in [4.78, 5) is 1.06. The van der Waals surface area contributed by atoms with Crippen LogP contribution in [0.5, 0.6) is 0 Å². The lowest BCUT2D eigenvalue weighted by Crippen LogP contribution is -2.31. The average Bonchev–Trinajstić information content (AvgIpc) is 2.14. The van der Waals surface area contributed by atoms with Gasteiger partial charge in [0.1, 0.15) is 6.54 Å². The SMILES string of the molecule is CN(CC(F)(F)F)c1c(Cl)cccc1CN. The summed E-state index contributed by atoms with van der Waals surface area (Å²) < 4.78 is 36.7. The number of hydrogen-bond acceptors (Lipinski definition) is 2. The molecule has 0 unspecified atom stereocenters. The molecule has 6 heteroatoms. The van der Waals surface area contributed by atoms with E-state index in [2.05, 4.69) is 0 Å². The van der Waals surface area contributed by atoms with Gasteiger partial charge in [-0.1, -0.05) is 23.7 Å². The Morgan fingerprint density at radius 1 is 1.38 bits per heavy atom. The first kappa shape index (κ1) is 13.1. The number of anilines is 1. The average molecular weight is 253 g/mol. The van der Waals surface area contributed by atoms with Crippen LogP contribution in [0.25, 0.3) is 0 Å². The monoisotopic (exact) mass is 252 g/mol. The van der Waals surface area contributed by atoms with E-state index < -0.39 is 12.7 Å². The van der Waals surface area contributed by atoms with Crippen molar-refractivity contribution in [3.8, 4) is 0 Å². The summed E-state index contributed by atoms with van der Waals surface area (Å²) in [6.07, 6.45) is -4.26. The first-order chi connectivity index (χ1) is 7.35. The molecule has 2 N–H and O–H groups in total. The van der Waals surface area contributed by atoms with E-state index >= 15 is 0 Å². The van der Waals surface area contributed by atoms with Gasteiger partial charge >= 0.3 is 6.18 Å². The third kappa shape index (κ3) is 3.28. The summed E-state index contributed by atoms with van der Waals surface area (Å²) in [5.41, 5.74) is 6.39. The van der Waals surface area contributed by atoms with Crippen LogP contribution in [0.15, 0.2) is 18.2 Å². The van der Waals surface area contributed by atoms with Crippen LogP contribution in [0.4, 0.5) is 18.9 Å². The topological polar surface area (TPSA) is 29.3 Å². The van der Waals surface area contributed by atoms with E-state index in [9.17, 15) is 13.2 Å². The van der Waals surface area contributed by atoms with E-state index in [1.165, 1.54) is 7.05 Å². The smallest absolute Gasteiger partial charge is 0.364 e. The standard InChI is InChI=1S/C10H12ClF3N2/c1-16(6-10(12,13)14)9-7(5-15)3-2-4-8(9)11/h2-4H,5-6,15H2,1H3. The van der Waals surface area contributed by atoms with Gasteiger partial charge in [-0.05, 0) is 11.6 Å². The zero-order chi connectivity index (χ0) is 12.3. The highest BCUT2D eigenvalue weighted by molar-refractivity contribution is 6.33. The molecule has 1 rings (SSSR count). The second-order valence-electron chi connectivity index (χ2n) is 3.42. The minimum Gasteiger partial charge on any atom is -0.364 e. The molecule has 1 aromatic rings. The van der Waals surface area contributed by atoms with Crippen LogP contribution in [0.2, 0.25) is 5.02 Å². The molecule has 0 saturated carbocycles. The summed E-state index contributed by atoms with van der Waals surface area (Å²) in [5.74, 6) is 0. The first-order valence-corrected chi connectivity index (χ1v) is 4.98. The van der Waals surface area contributed by atoms with Crippen LogP contribution in [-0.2, 0) is 6.54 Å². The second kappa shape index (κ2) is 4.93. The first-order valence-electron chi connectivity index (χ1n) is 4.60. The number of nitrogens with two attached hydrogens (primary N) is 1. The van der Waals surface area contributed by atoms with Gasteiger partial charge in [0.2, 0.25) is 0 Å². The minimum atomic E-state index is -4.26. The summed E-state index contributed by atoms with van der Waals surface area (Å²) >= 11 is 5.87. The van der Waals surface area contributed by atoms with Gasteiger partial charge in [-0.2, -0.15) is 13.2 Å². The lowest BCUT2D eigenvalue weighted by molar-refractivity contribution is -0.119. The molecule has 0 heterocycles. The van der Waals surface area contributed by atoms with E-state index in [-0.39, 0.29) is 11.6 Å². The Hall–Kier alpha value is -0.940. The van der Waals surface area contributed by atoms with Crippen LogP contribution in [0, 0.1) is 0 Å². The van der Waals surface area contributed by atoms with Gasteiger partial charge in [-0.3, -0.25) is 0 Å². The number of rotatable bonds is 3. The summed E-state index contributed by atoms with van der Waals surface area (Å²) in [6.45, 7) is -0.901. The van der Waals surface area contributed by atoms with Gasteiger partial charge < -0.3 is 10.6 Å². The fourth-order valence-electron chi connectivity index (χ4n) is 1.50. The Labute approximate surface area is 96.8 Å². The molecule has 0 spiro atoms. The highest BCUT2D eigenvalue weighted by Crippen LogP contribution is 2.30. The molecular weight excluding hydrogens is 241 g/mol. The Morgan fingerprint density at radius 3 is 2.50 bits per heavy atom. The lowest BCUT2D eigenvalue weighted by atomic mass is 10.1. The predicted octanol–water partition coefficient (Wildman–Crippen LogP) is 2.80. The highest BCUT2D eigenvalue weighted by atomic mass is 35.5. The second-order valence-corrected chi connectivity index (χ2v) is 3.83. The van der Waals surface area contributed by atoms with Crippen molar-refractivity contribution in [2.75, 3.05) is 18.5 Å². The number of para-hydroxylation sites is 1. The van der Waals surface area contributed by atoms with Crippen LogP contribution < -0.4 is 10.6 Å². The minimum absolute atomic E-state index is 0.151. The Kier molecular flexibility index (Phi) is 4.04. The van der Waals surface area contributed by atoms with E-state index in [4.69, 9.17) is 17.3 Å². The normalized spacial score (nSPS) is 11.6. The molecule has 0 bridgehead atoms. The molecule has 0 aliphatic carbocycles. The van der Waals surface area contributed by atoms with Crippen molar-refractivity contribution in [3.05, 3.63) is 28.8 Å². The van der Waals surface area contributed by atoms with Crippen molar-refractivity contribution in [3.63, 3.8) is 0 Å². The van der Waals surface area contributed by atoms with Crippen molar-refractivity contribution in [2.24, 2.45) is 5.73 Å². The Bertz CT molecular complexity index is 366. The van der Waals surface area contributed by atoms with Crippen LogP contribution in [-0.4, -0.2) is 19.8 Å². The maximum absolute atomic E-state index is 12.2. The van der Waals surface area contributed by atoms with Gasteiger partial charge in [0.05, 0.1) is 10.7 Å². The van der Waals surface area contributed by atoms with Gasteiger partial charge in [-0.15, -0.1) is 0 Å². The fourth-order valence-corrected chi connectivity index (χ4v) is 1.84. The van der Waals surface area contributed by atoms with Gasteiger partial charge in [0, 0.05) is 13.6 Å². The van der Waals surface area contributed by atoms with Gasteiger partial charge in [0.25, 0.3) is 0 Å². The molecule has 1 aromatic carbocycles. The molecule has 0 aliphatic heterocycles. The molecule has 0 fully saturated rings. The summed E-state index contributed by atoms with van der Waals surface area (Å²) in [5, 5.41) is 0.273. The van der Waals surface area contributed by atoms with E-state index in [0.29, 0.717) is 11.3 Å². The zero-order valence-electron chi connectivity index (χ0n) is 8.68. The number of nitrogens with zero attached hydrogens (tertiary/aromatic N) is 1. The van der Waals surface area contributed by atoms with E-state index in [1.807, 2.05) is 0 Å². The predicted molar refractivity (Wildman–Crippen MR) is 58.7 cm³/mol. The molecule has 90 valence electrons. The molecule has 0 aromatic heterocycles. The molecule has 0 amide bonds. The lowest BCUT2D eigenvalue weighted by Gasteiger charge is -2.24. The largest absolute Gasteiger partial charge is 0.405 e. The highest BCUT2D eigenvalue weighted by Gasteiger charge is 2.30. The number of hydrogen-bond donors (Lipinski definition) is 1. The van der Waals surface area contributed by atoms with Crippen LogP contribution >= 0.6 is 11.6 Å². The Balaban J connectivity index is 3.02. The molecule has 2 nitrogen and oxygen atoms in total. The third-order valence-electron chi connectivity index (χ3n) is 2.09. The van der Waals surface area contributed by atoms with Crippen LogP contribution in [0.1, 0.15) is 5.56 Å². The molecule has 0 radical (unpaired) electrons. The van der Waals surface area contributed by atoms with Crippen molar-refractivity contribution in [2.45, 2.75) is 12.7 Å². The van der Waals surface area contributed by atoms with Crippen LogP contribution in [0.3, 0.4) is 0 Å². The van der Waals surface area contributed by atoms with Crippen molar-refractivity contribution < 1.29 is 13.2 Å². The molecule has 0 saturated heterocycles.